The molecule has 6 heteroatoms. The SMILES string of the molecule is CCOC(=O)C(C(=O)OCC)C1=C(F)CCC=C1Cl. The van der Waals surface area contributed by atoms with E-state index in [2.05, 4.69) is 0 Å². The van der Waals surface area contributed by atoms with E-state index in [9.17, 15) is 14.0 Å². The molecule has 0 atom stereocenters. The van der Waals surface area contributed by atoms with E-state index >= 15 is 0 Å². The van der Waals surface area contributed by atoms with Gasteiger partial charge in [-0.05, 0) is 20.3 Å². The summed E-state index contributed by atoms with van der Waals surface area (Å²) in [5, 5.41) is 0.0647. The number of halogens is 2. The Labute approximate surface area is 116 Å². The van der Waals surface area contributed by atoms with Crippen molar-refractivity contribution in [2.24, 2.45) is 5.92 Å². The fraction of sp³-hybridized carbons (Fsp3) is 0.538. The Morgan fingerprint density at radius 2 is 1.84 bits per heavy atom. The predicted octanol–water partition coefficient (Wildman–Crippen LogP) is 2.87. The number of carbonyl (C=O) groups is 2. The molecule has 0 aromatic rings. The number of ether oxygens (including phenoxy) is 2. The molecular formula is C13H16ClFO4. The Morgan fingerprint density at radius 1 is 1.32 bits per heavy atom. The Bertz CT molecular complexity index is 410. The maximum atomic E-state index is 13.9. The maximum absolute atomic E-state index is 13.9. The lowest BCUT2D eigenvalue weighted by molar-refractivity contribution is -0.159. The molecular weight excluding hydrogens is 275 g/mol. The highest BCUT2D eigenvalue weighted by Gasteiger charge is 2.37. The zero-order valence-corrected chi connectivity index (χ0v) is 11.6. The molecule has 1 aliphatic carbocycles. The Kier molecular flexibility index (Phi) is 6.02. The lowest BCUT2D eigenvalue weighted by Crippen LogP contribution is -2.31. The Balaban J connectivity index is 3.12. The third-order valence-corrected chi connectivity index (χ3v) is 2.93. The molecule has 0 amide bonds. The van der Waals surface area contributed by atoms with E-state index in [1.54, 1.807) is 19.9 Å². The molecule has 19 heavy (non-hydrogen) atoms. The first-order valence-corrected chi connectivity index (χ1v) is 6.48. The fourth-order valence-electron chi connectivity index (χ4n) is 1.78. The van der Waals surface area contributed by atoms with Crippen molar-refractivity contribution < 1.29 is 23.5 Å². The van der Waals surface area contributed by atoms with Crippen molar-refractivity contribution in [3.05, 3.63) is 22.5 Å². The van der Waals surface area contributed by atoms with Gasteiger partial charge in [0.2, 0.25) is 0 Å². The van der Waals surface area contributed by atoms with E-state index in [0.717, 1.165) is 0 Å². The molecule has 0 radical (unpaired) electrons. The van der Waals surface area contributed by atoms with Crippen LogP contribution in [0.2, 0.25) is 0 Å². The summed E-state index contributed by atoms with van der Waals surface area (Å²) in [6.45, 7) is 3.38. The highest BCUT2D eigenvalue weighted by molar-refractivity contribution is 6.33. The van der Waals surface area contributed by atoms with Crippen LogP contribution in [0.5, 0.6) is 0 Å². The molecule has 0 fully saturated rings. The van der Waals surface area contributed by atoms with Gasteiger partial charge in [-0.1, -0.05) is 17.7 Å². The highest BCUT2D eigenvalue weighted by Crippen LogP contribution is 2.35. The summed E-state index contributed by atoms with van der Waals surface area (Å²) in [6.07, 6.45) is 2.12. The maximum Gasteiger partial charge on any atom is 0.325 e. The van der Waals surface area contributed by atoms with Crippen molar-refractivity contribution >= 4 is 23.5 Å². The molecule has 106 valence electrons. The van der Waals surface area contributed by atoms with Gasteiger partial charge in [-0.3, -0.25) is 9.59 Å². The standard InChI is InChI=1S/C13H16ClFO4/c1-3-18-12(16)11(13(17)19-4-2)10-8(14)6-5-7-9(10)15/h6,11H,3-5,7H2,1-2H3. The summed E-state index contributed by atoms with van der Waals surface area (Å²) in [5.41, 5.74) is -0.134. The predicted molar refractivity (Wildman–Crippen MR) is 68.1 cm³/mol. The van der Waals surface area contributed by atoms with Crippen LogP contribution in [0.15, 0.2) is 22.5 Å². The van der Waals surface area contributed by atoms with E-state index < -0.39 is 23.7 Å². The number of hydrogen-bond acceptors (Lipinski definition) is 4. The first kappa shape index (κ1) is 15.7. The van der Waals surface area contributed by atoms with Gasteiger partial charge in [0.1, 0.15) is 5.83 Å². The third kappa shape index (κ3) is 3.80. The summed E-state index contributed by atoms with van der Waals surface area (Å²) in [7, 11) is 0. The molecule has 0 saturated carbocycles. The van der Waals surface area contributed by atoms with Crippen molar-refractivity contribution in [3.8, 4) is 0 Å². The minimum absolute atomic E-state index is 0.0647. The number of hydrogen-bond donors (Lipinski definition) is 0. The number of allylic oxidation sites excluding steroid dienone is 3. The molecule has 0 aromatic carbocycles. The van der Waals surface area contributed by atoms with Crippen molar-refractivity contribution in [1.82, 2.24) is 0 Å². The average molecular weight is 291 g/mol. The quantitative estimate of drug-likeness (QED) is 0.577. The summed E-state index contributed by atoms with van der Waals surface area (Å²) in [5.74, 6) is -3.72. The van der Waals surface area contributed by atoms with Gasteiger partial charge in [0.15, 0.2) is 5.92 Å². The molecule has 0 aromatic heterocycles. The van der Waals surface area contributed by atoms with Crippen LogP contribution >= 0.6 is 11.6 Å². The fourth-order valence-corrected chi connectivity index (χ4v) is 2.10. The van der Waals surface area contributed by atoms with Gasteiger partial charge >= 0.3 is 11.9 Å². The largest absolute Gasteiger partial charge is 0.465 e. The van der Waals surface area contributed by atoms with Crippen LogP contribution in [-0.4, -0.2) is 25.2 Å². The van der Waals surface area contributed by atoms with Crippen molar-refractivity contribution in [2.75, 3.05) is 13.2 Å². The van der Waals surface area contributed by atoms with E-state index in [1.807, 2.05) is 0 Å². The van der Waals surface area contributed by atoms with E-state index in [0.29, 0.717) is 6.42 Å². The summed E-state index contributed by atoms with van der Waals surface area (Å²) in [6, 6.07) is 0. The summed E-state index contributed by atoms with van der Waals surface area (Å²) in [4.78, 5) is 23.7. The number of rotatable bonds is 5. The van der Waals surface area contributed by atoms with Crippen molar-refractivity contribution in [2.45, 2.75) is 26.7 Å². The molecule has 0 bridgehead atoms. The van der Waals surface area contributed by atoms with Gasteiger partial charge in [-0.25, -0.2) is 4.39 Å². The topological polar surface area (TPSA) is 52.6 Å². The molecule has 0 spiro atoms. The van der Waals surface area contributed by atoms with Crippen LogP contribution in [0.4, 0.5) is 4.39 Å². The second-order valence-corrected chi connectivity index (χ2v) is 4.25. The van der Waals surface area contributed by atoms with E-state index in [-0.39, 0.29) is 30.2 Å². The second-order valence-electron chi connectivity index (χ2n) is 3.85. The molecule has 0 saturated heterocycles. The van der Waals surface area contributed by atoms with Gasteiger partial charge in [0, 0.05) is 17.0 Å². The zero-order valence-electron chi connectivity index (χ0n) is 10.9. The van der Waals surface area contributed by atoms with Gasteiger partial charge in [0.05, 0.1) is 13.2 Å². The molecule has 0 aliphatic heterocycles. The van der Waals surface area contributed by atoms with Gasteiger partial charge in [0.25, 0.3) is 0 Å². The monoisotopic (exact) mass is 290 g/mol. The second kappa shape index (κ2) is 7.28. The van der Waals surface area contributed by atoms with Gasteiger partial charge in [-0.15, -0.1) is 0 Å². The molecule has 0 heterocycles. The Hall–Kier alpha value is -1.36. The third-order valence-electron chi connectivity index (χ3n) is 2.57. The minimum Gasteiger partial charge on any atom is -0.465 e. The van der Waals surface area contributed by atoms with Crippen LogP contribution in [0, 0.1) is 5.92 Å². The zero-order chi connectivity index (χ0) is 14.4. The summed E-state index contributed by atoms with van der Waals surface area (Å²) >= 11 is 5.91. The van der Waals surface area contributed by atoms with Crippen LogP contribution in [0.1, 0.15) is 26.7 Å². The molecule has 0 unspecified atom stereocenters. The van der Waals surface area contributed by atoms with Crippen LogP contribution in [0.25, 0.3) is 0 Å². The molecule has 1 aliphatic rings. The normalized spacial score (nSPS) is 15.3. The summed E-state index contributed by atoms with van der Waals surface area (Å²) < 4.78 is 23.5. The number of carbonyl (C=O) groups excluding carboxylic acids is 2. The van der Waals surface area contributed by atoms with Crippen LogP contribution in [0.3, 0.4) is 0 Å². The molecule has 4 nitrogen and oxygen atoms in total. The molecule has 1 rings (SSSR count). The smallest absolute Gasteiger partial charge is 0.325 e. The van der Waals surface area contributed by atoms with Gasteiger partial charge < -0.3 is 9.47 Å². The van der Waals surface area contributed by atoms with Gasteiger partial charge in [-0.2, -0.15) is 0 Å². The van der Waals surface area contributed by atoms with Crippen LogP contribution < -0.4 is 0 Å². The van der Waals surface area contributed by atoms with Crippen molar-refractivity contribution in [1.29, 1.82) is 0 Å². The first-order valence-electron chi connectivity index (χ1n) is 6.10. The highest BCUT2D eigenvalue weighted by atomic mass is 35.5. The van der Waals surface area contributed by atoms with Crippen LogP contribution in [-0.2, 0) is 19.1 Å². The Morgan fingerprint density at radius 3 is 2.26 bits per heavy atom. The number of esters is 2. The van der Waals surface area contributed by atoms with E-state index in [1.165, 1.54) is 0 Å². The first-order chi connectivity index (χ1) is 9.02. The van der Waals surface area contributed by atoms with E-state index in [4.69, 9.17) is 21.1 Å². The van der Waals surface area contributed by atoms with Crippen molar-refractivity contribution in [3.63, 3.8) is 0 Å². The lowest BCUT2D eigenvalue weighted by atomic mass is 9.93. The molecule has 0 N–H and O–H groups in total. The average Bonchev–Trinajstić information content (AvgIpc) is 2.34. The minimum atomic E-state index is -1.45. The lowest BCUT2D eigenvalue weighted by Gasteiger charge is -2.20.